The molecule has 0 saturated heterocycles. The van der Waals surface area contributed by atoms with Crippen molar-refractivity contribution in [2.45, 2.75) is 39.8 Å². The lowest BCUT2D eigenvalue weighted by Crippen LogP contribution is -2.38. The molecule has 0 bridgehead atoms. The average molecular weight is 383 g/mol. The second kappa shape index (κ2) is 10.3. The number of carbonyl (C=O) groups excluding carboxylic acids is 1. The SMILES string of the molecule is CCNC(=NCCC(=O)NC(C)C)N(C)Cc1ccc(Br)cc1. The molecule has 23 heavy (non-hydrogen) atoms. The van der Waals surface area contributed by atoms with Crippen LogP contribution in [0, 0.1) is 0 Å². The number of nitrogens with zero attached hydrogens (tertiary/aromatic N) is 2. The van der Waals surface area contributed by atoms with Gasteiger partial charge in [-0.2, -0.15) is 0 Å². The van der Waals surface area contributed by atoms with Crippen LogP contribution in [-0.2, 0) is 11.3 Å². The van der Waals surface area contributed by atoms with Gasteiger partial charge in [0.25, 0.3) is 0 Å². The van der Waals surface area contributed by atoms with Crippen molar-refractivity contribution in [3.8, 4) is 0 Å². The van der Waals surface area contributed by atoms with E-state index in [9.17, 15) is 4.79 Å². The van der Waals surface area contributed by atoms with E-state index in [-0.39, 0.29) is 11.9 Å². The zero-order valence-electron chi connectivity index (χ0n) is 14.4. The van der Waals surface area contributed by atoms with E-state index in [0.717, 1.165) is 23.5 Å². The van der Waals surface area contributed by atoms with Crippen molar-refractivity contribution in [3.63, 3.8) is 0 Å². The summed E-state index contributed by atoms with van der Waals surface area (Å²) >= 11 is 3.44. The summed E-state index contributed by atoms with van der Waals surface area (Å²) in [6.07, 6.45) is 0.402. The molecule has 0 fully saturated rings. The number of halogens is 1. The highest BCUT2D eigenvalue weighted by molar-refractivity contribution is 9.10. The summed E-state index contributed by atoms with van der Waals surface area (Å²) in [5.74, 6) is 0.850. The van der Waals surface area contributed by atoms with Gasteiger partial charge in [0.2, 0.25) is 5.91 Å². The Bertz CT molecular complexity index is 514. The predicted octanol–water partition coefficient (Wildman–Crippen LogP) is 2.76. The summed E-state index contributed by atoms with van der Waals surface area (Å²) in [5.41, 5.74) is 1.21. The second-order valence-electron chi connectivity index (χ2n) is 5.69. The van der Waals surface area contributed by atoms with Crippen LogP contribution in [0.1, 0.15) is 32.8 Å². The van der Waals surface area contributed by atoms with Gasteiger partial charge in [-0.25, -0.2) is 0 Å². The first-order valence-corrected chi connectivity index (χ1v) is 8.75. The predicted molar refractivity (Wildman–Crippen MR) is 99.5 cm³/mol. The fraction of sp³-hybridized carbons (Fsp3) is 0.529. The van der Waals surface area contributed by atoms with Crippen molar-refractivity contribution in [1.82, 2.24) is 15.5 Å². The molecular formula is C17H27BrN4O. The largest absolute Gasteiger partial charge is 0.357 e. The summed E-state index contributed by atoms with van der Waals surface area (Å²) < 4.78 is 1.07. The molecule has 0 heterocycles. The van der Waals surface area contributed by atoms with E-state index >= 15 is 0 Å². The monoisotopic (exact) mass is 382 g/mol. The summed E-state index contributed by atoms with van der Waals surface area (Å²) in [4.78, 5) is 18.3. The third-order valence-electron chi connectivity index (χ3n) is 3.08. The maximum Gasteiger partial charge on any atom is 0.222 e. The van der Waals surface area contributed by atoms with Gasteiger partial charge < -0.3 is 15.5 Å². The number of amides is 1. The van der Waals surface area contributed by atoms with Crippen LogP contribution in [-0.4, -0.2) is 42.9 Å². The Morgan fingerprint density at radius 3 is 2.52 bits per heavy atom. The fourth-order valence-electron chi connectivity index (χ4n) is 2.07. The first kappa shape index (κ1) is 19.5. The van der Waals surface area contributed by atoms with Crippen LogP contribution in [0.5, 0.6) is 0 Å². The van der Waals surface area contributed by atoms with Gasteiger partial charge in [0, 0.05) is 37.1 Å². The first-order chi connectivity index (χ1) is 10.9. The van der Waals surface area contributed by atoms with Gasteiger partial charge in [-0.1, -0.05) is 28.1 Å². The third kappa shape index (κ3) is 8.02. The molecule has 0 aliphatic heterocycles. The quantitative estimate of drug-likeness (QED) is 0.562. The fourth-order valence-corrected chi connectivity index (χ4v) is 2.33. The number of carbonyl (C=O) groups is 1. The highest BCUT2D eigenvalue weighted by Crippen LogP contribution is 2.11. The standard InChI is InChI=1S/C17H27BrN4O/c1-5-19-17(20-11-10-16(23)21-13(2)3)22(4)12-14-6-8-15(18)9-7-14/h6-9,13H,5,10-12H2,1-4H3,(H,19,20)(H,21,23). The Morgan fingerprint density at radius 2 is 1.96 bits per heavy atom. The number of hydrogen-bond acceptors (Lipinski definition) is 2. The Labute approximate surface area is 147 Å². The lowest BCUT2D eigenvalue weighted by atomic mass is 10.2. The molecule has 0 aromatic heterocycles. The van der Waals surface area contributed by atoms with E-state index in [1.165, 1.54) is 5.56 Å². The van der Waals surface area contributed by atoms with E-state index in [0.29, 0.717) is 13.0 Å². The number of hydrogen-bond donors (Lipinski definition) is 2. The summed E-state index contributed by atoms with van der Waals surface area (Å²) in [6.45, 7) is 7.98. The molecule has 128 valence electrons. The van der Waals surface area contributed by atoms with Gasteiger partial charge in [0.1, 0.15) is 0 Å². The van der Waals surface area contributed by atoms with Gasteiger partial charge >= 0.3 is 0 Å². The molecule has 1 rings (SSSR count). The maximum atomic E-state index is 11.7. The van der Waals surface area contributed by atoms with Crippen LogP contribution in [0.4, 0.5) is 0 Å². The van der Waals surface area contributed by atoms with Gasteiger partial charge in [-0.3, -0.25) is 9.79 Å². The minimum absolute atomic E-state index is 0.0372. The minimum atomic E-state index is 0.0372. The molecular weight excluding hydrogens is 356 g/mol. The number of nitrogens with one attached hydrogen (secondary N) is 2. The van der Waals surface area contributed by atoms with Crippen LogP contribution in [0.2, 0.25) is 0 Å². The Morgan fingerprint density at radius 1 is 1.30 bits per heavy atom. The average Bonchev–Trinajstić information content (AvgIpc) is 2.48. The van der Waals surface area contributed by atoms with Gasteiger partial charge in [0.05, 0.1) is 6.54 Å². The molecule has 1 aromatic rings. The van der Waals surface area contributed by atoms with Crippen LogP contribution in [0.25, 0.3) is 0 Å². The van der Waals surface area contributed by atoms with Crippen molar-refractivity contribution >= 4 is 27.8 Å². The molecule has 0 aliphatic rings. The zero-order valence-corrected chi connectivity index (χ0v) is 16.0. The summed E-state index contributed by atoms with van der Waals surface area (Å²) in [7, 11) is 2.00. The molecule has 6 heteroatoms. The Hall–Kier alpha value is -1.56. The molecule has 5 nitrogen and oxygen atoms in total. The molecule has 0 saturated carbocycles. The summed E-state index contributed by atoms with van der Waals surface area (Å²) in [5, 5.41) is 6.14. The first-order valence-electron chi connectivity index (χ1n) is 7.95. The zero-order chi connectivity index (χ0) is 17.2. The van der Waals surface area contributed by atoms with Crippen molar-refractivity contribution in [2.24, 2.45) is 4.99 Å². The lowest BCUT2D eigenvalue weighted by Gasteiger charge is -2.22. The van der Waals surface area contributed by atoms with E-state index in [1.807, 2.05) is 40.0 Å². The molecule has 0 aliphatic carbocycles. The Kier molecular flexibility index (Phi) is 8.69. The van der Waals surface area contributed by atoms with Gasteiger partial charge in [0.15, 0.2) is 5.96 Å². The number of guanidine groups is 1. The smallest absolute Gasteiger partial charge is 0.222 e. The number of aliphatic imine (C=N–C) groups is 1. The second-order valence-corrected chi connectivity index (χ2v) is 6.61. The molecule has 1 amide bonds. The highest BCUT2D eigenvalue weighted by Gasteiger charge is 2.07. The van der Waals surface area contributed by atoms with E-state index < -0.39 is 0 Å². The van der Waals surface area contributed by atoms with E-state index in [4.69, 9.17) is 0 Å². The third-order valence-corrected chi connectivity index (χ3v) is 3.61. The van der Waals surface area contributed by atoms with Crippen molar-refractivity contribution in [3.05, 3.63) is 34.3 Å². The normalized spacial score (nSPS) is 11.5. The van der Waals surface area contributed by atoms with Crippen molar-refractivity contribution in [2.75, 3.05) is 20.1 Å². The van der Waals surface area contributed by atoms with Crippen LogP contribution in [0.15, 0.2) is 33.7 Å². The minimum Gasteiger partial charge on any atom is -0.357 e. The highest BCUT2D eigenvalue weighted by atomic mass is 79.9. The van der Waals surface area contributed by atoms with Crippen LogP contribution >= 0.6 is 15.9 Å². The molecule has 0 radical (unpaired) electrons. The molecule has 0 atom stereocenters. The molecule has 0 spiro atoms. The van der Waals surface area contributed by atoms with Crippen LogP contribution < -0.4 is 10.6 Å². The van der Waals surface area contributed by atoms with Crippen LogP contribution in [0.3, 0.4) is 0 Å². The van der Waals surface area contributed by atoms with Crippen molar-refractivity contribution in [1.29, 1.82) is 0 Å². The van der Waals surface area contributed by atoms with Gasteiger partial charge in [-0.15, -0.1) is 0 Å². The molecule has 0 unspecified atom stereocenters. The van der Waals surface area contributed by atoms with E-state index in [2.05, 4.69) is 48.6 Å². The molecule has 1 aromatic carbocycles. The number of benzene rings is 1. The number of rotatable bonds is 7. The summed E-state index contributed by atoms with van der Waals surface area (Å²) in [6, 6.07) is 8.40. The lowest BCUT2D eigenvalue weighted by molar-refractivity contribution is -0.121. The molecule has 2 N–H and O–H groups in total. The van der Waals surface area contributed by atoms with E-state index in [1.54, 1.807) is 0 Å². The van der Waals surface area contributed by atoms with Gasteiger partial charge in [-0.05, 0) is 38.5 Å². The topological polar surface area (TPSA) is 56.7 Å². The maximum absolute atomic E-state index is 11.7. The van der Waals surface area contributed by atoms with Crippen molar-refractivity contribution < 1.29 is 4.79 Å². The Balaban J connectivity index is 2.59.